The lowest BCUT2D eigenvalue weighted by molar-refractivity contribution is -0.129. The van der Waals surface area contributed by atoms with Gasteiger partial charge in [0.25, 0.3) is 5.91 Å². The molecule has 0 aliphatic heterocycles. The molecule has 0 spiro atoms. The second-order valence-corrected chi connectivity index (χ2v) is 5.55. The molecule has 122 valence electrons. The third kappa shape index (κ3) is 4.56. The van der Waals surface area contributed by atoms with Gasteiger partial charge in [-0.3, -0.25) is 4.79 Å². The van der Waals surface area contributed by atoms with Crippen LogP contribution in [0.2, 0.25) is 0 Å². The summed E-state index contributed by atoms with van der Waals surface area (Å²) in [6, 6.07) is 5.77. The predicted molar refractivity (Wildman–Crippen MR) is 82.4 cm³/mol. The zero-order valence-electron chi connectivity index (χ0n) is 12.7. The van der Waals surface area contributed by atoms with E-state index in [-0.39, 0.29) is 12.4 Å². The molecule has 0 saturated heterocycles. The van der Waals surface area contributed by atoms with Gasteiger partial charge in [-0.2, -0.15) is 0 Å². The quantitative estimate of drug-likeness (QED) is 0.817. The molecular formula is C15H16FN3O3S. The van der Waals surface area contributed by atoms with Crippen LogP contribution in [0.3, 0.4) is 0 Å². The Balaban J connectivity index is 1.87. The summed E-state index contributed by atoms with van der Waals surface area (Å²) in [5.41, 5.74) is 1.30. The summed E-state index contributed by atoms with van der Waals surface area (Å²) in [7, 11) is 0. The number of carbonyl (C=O) groups excluding carboxylic acids is 2. The maximum atomic E-state index is 12.8. The maximum absolute atomic E-state index is 12.8. The molecule has 1 N–H and O–H groups in total. The monoisotopic (exact) mass is 337 g/mol. The van der Waals surface area contributed by atoms with E-state index in [0.717, 1.165) is 17.1 Å². The van der Waals surface area contributed by atoms with Crippen LogP contribution < -0.4 is 5.32 Å². The molecule has 6 nitrogen and oxygen atoms in total. The standard InChI is InChI=1S/C15H16FN3O3S/c1-3-12-13(23-19-18-12)15(21)22-9(2)14(20)17-8-10-4-6-11(16)7-5-10/h4-7,9H,3,8H2,1-2H3,(H,17,20)/t9-/m1/s1. The third-order valence-corrected chi connectivity index (χ3v) is 3.86. The van der Waals surface area contributed by atoms with Gasteiger partial charge in [-0.15, -0.1) is 5.10 Å². The number of benzene rings is 1. The highest BCUT2D eigenvalue weighted by Crippen LogP contribution is 2.13. The highest BCUT2D eigenvalue weighted by Gasteiger charge is 2.22. The third-order valence-electron chi connectivity index (χ3n) is 3.11. The van der Waals surface area contributed by atoms with Crippen LogP contribution in [0, 0.1) is 5.82 Å². The summed E-state index contributed by atoms with van der Waals surface area (Å²) < 4.78 is 21.6. The second-order valence-electron chi connectivity index (χ2n) is 4.79. The van der Waals surface area contributed by atoms with Crippen molar-refractivity contribution in [3.63, 3.8) is 0 Å². The number of halogens is 1. The van der Waals surface area contributed by atoms with Gasteiger partial charge in [0.2, 0.25) is 0 Å². The summed E-state index contributed by atoms with van der Waals surface area (Å²) in [4.78, 5) is 24.3. The van der Waals surface area contributed by atoms with Crippen molar-refractivity contribution >= 4 is 23.4 Å². The number of aromatic nitrogens is 2. The molecule has 0 radical (unpaired) electrons. The number of esters is 1. The molecule has 0 aliphatic carbocycles. The van der Waals surface area contributed by atoms with Crippen molar-refractivity contribution in [3.8, 4) is 0 Å². The van der Waals surface area contributed by atoms with Crippen LogP contribution in [-0.2, 0) is 22.5 Å². The number of aryl methyl sites for hydroxylation is 1. The van der Waals surface area contributed by atoms with Crippen LogP contribution in [0.15, 0.2) is 24.3 Å². The summed E-state index contributed by atoms with van der Waals surface area (Å²) in [5, 5.41) is 6.46. The normalized spacial score (nSPS) is 11.8. The molecule has 0 saturated carbocycles. The van der Waals surface area contributed by atoms with E-state index < -0.39 is 18.0 Å². The lowest BCUT2D eigenvalue weighted by Crippen LogP contribution is -2.35. The van der Waals surface area contributed by atoms with E-state index in [0.29, 0.717) is 17.0 Å². The number of hydrogen-bond acceptors (Lipinski definition) is 6. The van der Waals surface area contributed by atoms with E-state index in [9.17, 15) is 14.0 Å². The van der Waals surface area contributed by atoms with Crippen LogP contribution in [0.25, 0.3) is 0 Å². The number of rotatable bonds is 6. The van der Waals surface area contributed by atoms with E-state index in [4.69, 9.17) is 4.74 Å². The van der Waals surface area contributed by atoms with Crippen LogP contribution >= 0.6 is 11.5 Å². The Bertz CT molecular complexity index is 688. The lowest BCUT2D eigenvalue weighted by atomic mass is 10.2. The molecule has 1 amide bonds. The van der Waals surface area contributed by atoms with E-state index in [1.807, 2.05) is 6.92 Å². The van der Waals surface area contributed by atoms with Gasteiger partial charge in [-0.1, -0.05) is 23.5 Å². The van der Waals surface area contributed by atoms with Crippen molar-refractivity contribution in [2.75, 3.05) is 0 Å². The van der Waals surface area contributed by atoms with Gasteiger partial charge >= 0.3 is 5.97 Å². The molecule has 0 bridgehead atoms. The van der Waals surface area contributed by atoms with Gasteiger partial charge in [0, 0.05) is 6.54 Å². The van der Waals surface area contributed by atoms with E-state index in [1.54, 1.807) is 12.1 Å². The highest BCUT2D eigenvalue weighted by molar-refractivity contribution is 7.07. The molecule has 23 heavy (non-hydrogen) atoms. The fraction of sp³-hybridized carbons (Fsp3) is 0.333. The number of ether oxygens (including phenoxy) is 1. The zero-order chi connectivity index (χ0) is 16.8. The topological polar surface area (TPSA) is 81.2 Å². The average Bonchev–Trinajstić information content (AvgIpc) is 3.02. The first-order valence-corrected chi connectivity index (χ1v) is 7.83. The lowest BCUT2D eigenvalue weighted by Gasteiger charge is -2.13. The number of amides is 1. The molecule has 1 heterocycles. The van der Waals surface area contributed by atoms with Gasteiger partial charge < -0.3 is 10.1 Å². The fourth-order valence-corrected chi connectivity index (χ4v) is 2.43. The van der Waals surface area contributed by atoms with Gasteiger partial charge in [0.05, 0.1) is 5.69 Å². The Kier molecular flexibility index (Phi) is 5.75. The number of nitrogens with one attached hydrogen (secondary N) is 1. The van der Waals surface area contributed by atoms with Gasteiger partial charge in [-0.05, 0) is 42.6 Å². The van der Waals surface area contributed by atoms with Gasteiger partial charge in [-0.25, -0.2) is 9.18 Å². The van der Waals surface area contributed by atoms with E-state index in [2.05, 4.69) is 14.9 Å². The molecule has 2 aromatic rings. The Morgan fingerprint density at radius 3 is 2.70 bits per heavy atom. The van der Waals surface area contributed by atoms with Crippen molar-refractivity contribution < 1.29 is 18.7 Å². The zero-order valence-corrected chi connectivity index (χ0v) is 13.5. The Labute approximate surface area is 136 Å². The van der Waals surface area contributed by atoms with Crippen LogP contribution in [0.1, 0.15) is 34.8 Å². The summed E-state index contributed by atoms with van der Waals surface area (Å²) in [5.74, 6) is -1.38. The Morgan fingerprint density at radius 1 is 1.35 bits per heavy atom. The average molecular weight is 337 g/mol. The van der Waals surface area contributed by atoms with Crippen LogP contribution in [-0.4, -0.2) is 27.6 Å². The molecule has 2 rings (SSSR count). The number of carbonyl (C=O) groups is 2. The first-order chi connectivity index (χ1) is 11.0. The van der Waals surface area contributed by atoms with Crippen molar-refractivity contribution in [3.05, 3.63) is 46.2 Å². The second kappa shape index (κ2) is 7.77. The molecule has 0 aliphatic rings. The van der Waals surface area contributed by atoms with Crippen molar-refractivity contribution in [2.24, 2.45) is 0 Å². The first-order valence-electron chi connectivity index (χ1n) is 7.05. The first kappa shape index (κ1) is 17.0. The fourth-order valence-electron chi connectivity index (χ4n) is 1.80. The SMILES string of the molecule is CCc1nnsc1C(=O)O[C@H](C)C(=O)NCc1ccc(F)cc1. The van der Waals surface area contributed by atoms with Crippen LogP contribution in [0.5, 0.6) is 0 Å². The molecule has 0 fully saturated rings. The molecular weight excluding hydrogens is 321 g/mol. The minimum atomic E-state index is -0.949. The predicted octanol–water partition coefficient (Wildman–Crippen LogP) is 2.10. The maximum Gasteiger partial charge on any atom is 0.352 e. The smallest absolute Gasteiger partial charge is 0.352 e. The molecule has 1 aromatic heterocycles. The molecule has 0 unspecified atom stereocenters. The largest absolute Gasteiger partial charge is 0.448 e. The van der Waals surface area contributed by atoms with Crippen molar-refractivity contribution in [1.82, 2.24) is 14.9 Å². The van der Waals surface area contributed by atoms with E-state index >= 15 is 0 Å². The minimum Gasteiger partial charge on any atom is -0.448 e. The van der Waals surface area contributed by atoms with Gasteiger partial charge in [0.15, 0.2) is 11.0 Å². The Hall–Kier alpha value is -2.35. The van der Waals surface area contributed by atoms with Crippen LogP contribution in [0.4, 0.5) is 4.39 Å². The highest BCUT2D eigenvalue weighted by atomic mass is 32.1. The Morgan fingerprint density at radius 2 is 2.04 bits per heavy atom. The number of hydrogen-bond donors (Lipinski definition) is 1. The molecule has 1 aromatic carbocycles. The van der Waals surface area contributed by atoms with Gasteiger partial charge in [0.1, 0.15) is 5.82 Å². The van der Waals surface area contributed by atoms with Crippen molar-refractivity contribution in [2.45, 2.75) is 32.9 Å². The summed E-state index contributed by atoms with van der Waals surface area (Å²) in [6.45, 7) is 3.56. The minimum absolute atomic E-state index is 0.226. The molecule has 1 atom stereocenters. The van der Waals surface area contributed by atoms with E-state index in [1.165, 1.54) is 19.1 Å². The van der Waals surface area contributed by atoms with Crippen molar-refractivity contribution in [1.29, 1.82) is 0 Å². The summed E-state index contributed by atoms with van der Waals surface area (Å²) in [6.07, 6.45) is -0.388. The summed E-state index contributed by atoms with van der Waals surface area (Å²) >= 11 is 0.945. The number of nitrogens with zero attached hydrogens (tertiary/aromatic N) is 2. The molecule has 8 heteroatoms.